The molecule has 1 aromatic heterocycles. The van der Waals surface area contributed by atoms with E-state index >= 15 is 0 Å². The molecule has 3 N–H and O–H groups in total. The van der Waals surface area contributed by atoms with Gasteiger partial charge in [0.1, 0.15) is 5.75 Å². The van der Waals surface area contributed by atoms with Crippen LogP contribution >= 0.6 is 23.8 Å². The molecule has 0 aliphatic carbocycles. The Kier molecular flexibility index (Phi) is 8.24. The molecule has 1 heterocycles. The molecule has 2 aromatic carbocycles. The van der Waals surface area contributed by atoms with Crippen LogP contribution in [-0.2, 0) is 6.54 Å². The Morgan fingerprint density at radius 3 is 2.41 bits per heavy atom. The Bertz CT molecular complexity index is 1190. The van der Waals surface area contributed by atoms with E-state index < -0.39 is 6.36 Å². The summed E-state index contributed by atoms with van der Waals surface area (Å²) in [6.07, 6.45) is -4.80. The molecule has 0 fully saturated rings. The second-order valence-electron chi connectivity index (χ2n) is 7.01. The fraction of sp³-hybridized carbons (Fsp3) is 0.182. The number of nitrogens with one attached hydrogen (secondary N) is 3. The molecule has 7 nitrogen and oxygen atoms in total. The summed E-state index contributed by atoms with van der Waals surface area (Å²) in [6, 6.07) is 14.4. The monoisotopic (exact) mass is 508 g/mol. The SMILES string of the molecule is Cc1cc(C)nc(NC(=NCc2ccccc2Cl)NC(=S)Nc2cccc(OC(F)(F)F)c2)n1. The highest BCUT2D eigenvalue weighted by Gasteiger charge is 2.31. The van der Waals surface area contributed by atoms with E-state index in [0.717, 1.165) is 17.0 Å². The summed E-state index contributed by atoms with van der Waals surface area (Å²) in [4.78, 5) is 13.1. The van der Waals surface area contributed by atoms with Crippen molar-refractivity contribution < 1.29 is 17.9 Å². The number of hydrogen-bond donors (Lipinski definition) is 3. The van der Waals surface area contributed by atoms with Gasteiger partial charge in [-0.25, -0.2) is 15.0 Å². The van der Waals surface area contributed by atoms with Gasteiger partial charge in [0.15, 0.2) is 5.11 Å². The van der Waals surface area contributed by atoms with Gasteiger partial charge in [-0.1, -0.05) is 35.9 Å². The summed E-state index contributed by atoms with van der Waals surface area (Å²) in [5.41, 5.74) is 2.57. The van der Waals surface area contributed by atoms with Crippen LogP contribution in [0, 0.1) is 13.8 Å². The average Bonchev–Trinajstić information content (AvgIpc) is 2.71. The van der Waals surface area contributed by atoms with E-state index in [4.69, 9.17) is 23.8 Å². The maximum Gasteiger partial charge on any atom is 0.573 e. The van der Waals surface area contributed by atoms with E-state index in [1.54, 1.807) is 6.07 Å². The van der Waals surface area contributed by atoms with E-state index in [9.17, 15) is 13.2 Å². The number of thiocarbonyl (C=S) groups is 1. The van der Waals surface area contributed by atoms with E-state index in [-0.39, 0.29) is 29.1 Å². The van der Waals surface area contributed by atoms with Crippen molar-refractivity contribution in [3.63, 3.8) is 0 Å². The first-order chi connectivity index (χ1) is 16.1. The number of alkyl halides is 3. The molecule has 12 heteroatoms. The zero-order valence-corrected chi connectivity index (χ0v) is 19.6. The first-order valence-electron chi connectivity index (χ1n) is 9.88. The third kappa shape index (κ3) is 8.16. The number of anilines is 2. The van der Waals surface area contributed by atoms with Crippen molar-refractivity contribution in [2.45, 2.75) is 26.8 Å². The summed E-state index contributed by atoms with van der Waals surface area (Å²) >= 11 is 11.5. The van der Waals surface area contributed by atoms with Crippen LogP contribution < -0.4 is 20.7 Å². The lowest BCUT2D eigenvalue weighted by Gasteiger charge is -2.15. The maximum atomic E-state index is 12.5. The number of aliphatic imine (C=N–C) groups is 1. The van der Waals surface area contributed by atoms with Crippen molar-refractivity contribution in [1.29, 1.82) is 0 Å². The second kappa shape index (κ2) is 11.1. The second-order valence-corrected chi connectivity index (χ2v) is 7.83. The normalized spacial score (nSPS) is 11.6. The van der Waals surface area contributed by atoms with Crippen LogP contribution in [0.4, 0.5) is 24.8 Å². The lowest BCUT2D eigenvalue weighted by molar-refractivity contribution is -0.274. The average molecular weight is 509 g/mol. The number of nitrogens with zero attached hydrogens (tertiary/aromatic N) is 3. The molecule has 0 saturated carbocycles. The van der Waals surface area contributed by atoms with Crippen LogP contribution in [0.15, 0.2) is 59.6 Å². The van der Waals surface area contributed by atoms with Crippen LogP contribution in [-0.4, -0.2) is 27.4 Å². The van der Waals surface area contributed by atoms with Crippen LogP contribution in [0.5, 0.6) is 5.75 Å². The van der Waals surface area contributed by atoms with Gasteiger partial charge in [-0.2, -0.15) is 0 Å². The van der Waals surface area contributed by atoms with E-state index in [0.29, 0.717) is 11.0 Å². The van der Waals surface area contributed by atoms with Crippen LogP contribution in [0.25, 0.3) is 0 Å². The first kappa shape index (κ1) is 25.2. The van der Waals surface area contributed by atoms with Crippen LogP contribution in [0.3, 0.4) is 0 Å². The minimum Gasteiger partial charge on any atom is -0.406 e. The predicted octanol–water partition coefficient (Wildman–Crippen LogP) is 5.60. The molecule has 0 aliphatic heterocycles. The number of ether oxygens (including phenoxy) is 1. The van der Waals surface area contributed by atoms with Gasteiger partial charge in [-0.3, -0.25) is 5.32 Å². The topological polar surface area (TPSA) is 83.5 Å². The smallest absolute Gasteiger partial charge is 0.406 e. The standard InChI is InChI=1S/C22H20ClF3N6OS/c1-13-10-14(2)29-20(28-13)31-19(27-12-15-6-3-4-9-18(15)23)32-21(34)30-16-7-5-8-17(11-16)33-22(24,25)26/h3-11H,12H2,1-2H3,(H3,27,28,29,30,31,32,34). The van der Waals surface area contributed by atoms with Gasteiger partial charge in [-0.15, -0.1) is 13.2 Å². The minimum atomic E-state index is -4.80. The molecule has 0 amide bonds. The van der Waals surface area contributed by atoms with Gasteiger partial charge < -0.3 is 15.4 Å². The van der Waals surface area contributed by atoms with Gasteiger partial charge >= 0.3 is 6.36 Å². The zero-order valence-electron chi connectivity index (χ0n) is 18.1. The molecule has 178 valence electrons. The fourth-order valence-corrected chi connectivity index (χ4v) is 3.24. The third-order valence-corrected chi connectivity index (χ3v) is 4.71. The number of aryl methyl sites for hydroxylation is 2. The van der Waals surface area contributed by atoms with Crippen molar-refractivity contribution in [2.75, 3.05) is 10.6 Å². The lowest BCUT2D eigenvalue weighted by atomic mass is 10.2. The Labute approximate surface area is 204 Å². The number of guanidine groups is 1. The summed E-state index contributed by atoms with van der Waals surface area (Å²) in [5, 5.41) is 9.29. The molecule has 0 saturated heterocycles. The molecule has 0 atom stereocenters. The minimum absolute atomic E-state index is 0.0685. The first-order valence-corrected chi connectivity index (χ1v) is 10.7. The Balaban J connectivity index is 1.77. The number of hydrogen-bond acceptors (Lipinski definition) is 5. The highest BCUT2D eigenvalue weighted by atomic mass is 35.5. The molecule has 0 aliphatic rings. The van der Waals surface area contributed by atoms with Crippen LogP contribution in [0.1, 0.15) is 17.0 Å². The number of halogens is 4. The van der Waals surface area contributed by atoms with Crippen molar-refractivity contribution >= 4 is 46.5 Å². The van der Waals surface area contributed by atoms with Gasteiger partial charge in [0.05, 0.1) is 6.54 Å². The van der Waals surface area contributed by atoms with Crippen molar-refractivity contribution in [1.82, 2.24) is 15.3 Å². The summed E-state index contributed by atoms with van der Waals surface area (Å²) in [5.74, 6) is 0.131. The molecule has 3 aromatic rings. The summed E-state index contributed by atoms with van der Waals surface area (Å²) in [6.45, 7) is 3.88. The Morgan fingerprint density at radius 1 is 1.03 bits per heavy atom. The summed E-state index contributed by atoms with van der Waals surface area (Å²) < 4.78 is 41.4. The molecule has 0 bridgehead atoms. The number of benzene rings is 2. The lowest BCUT2D eigenvalue weighted by Crippen LogP contribution is -2.39. The van der Waals surface area contributed by atoms with E-state index in [1.165, 1.54) is 24.3 Å². The van der Waals surface area contributed by atoms with Crippen molar-refractivity contribution in [2.24, 2.45) is 4.99 Å². The van der Waals surface area contributed by atoms with Gasteiger partial charge in [0.25, 0.3) is 0 Å². The number of rotatable bonds is 5. The maximum absolute atomic E-state index is 12.5. The molecule has 0 spiro atoms. The molecule has 0 unspecified atom stereocenters. The number of aromatic nitrogens is 2. The highest BCUT2D eigenvalue weighted by Crippen LogP contribution is 2.25. The largest absolute Gasteiger partial charge is 0.573 e. The summed E-state index contributed by atoms with van der Waals surface area (Å²) in [7, 11) is 0. The zero-order chi connectivity index (χ0) is 24.7. The van der Waals surface area contributed by atoms with Crippen molar-refractivity contribution in [3.05, 3.63) is 76.6 Å². The molecular formula is C22H20ClF3N6OS. The van der Waals surface area contributed by atoms with E-state index in [1.807, 2.05) is 38.1 Å². The van der Waals surface area contributed by atoms with Gasteiger partial charge in [0.2, 0.25) is 11.9 Å². The molecular weight excluding hydrogens is 489 g/mol. The molecule has 3 rings (SSSR count). The highest BCUT2D eigenvalue weighted by molar-refractivity contribution is 7.80. The fourth-order valence-electron chi connectivity index (χ4n) is 2.83. The Morgan fingerprint density at radius 2 is 1.74 bits per heavy atom. The van der Waals surface area contributed by atoms with Crippen LogP contribution in [0.2, 0.25) is 5.02 Å². The van der Waals surface area contributed by atoms with E-state index in [2.05, 4.69) is 35.6 Å². The quantitative estimate of drug-likeness (QED) is 0.235. The Hall–Kier alpha value is -3.44. The van der Waals surface area contributed by atoms with Gasteiger partial charge in [-0.05, 0) is 55.9 Å². The molecule has 0 radical (unpaired) electrons. The van der Waals surface area contributed by atoms with Gasteiger partial charge in [0, 0.05) is 28.2 Å². The third-order valence-electron chi connectivity index (χ3n) is 4.14. The predicted molar refractivity (Wildman–Crippen MR) is 130 cm³/mol. The molecule has 34 heavy (non-hydrogen) atoms. The van der Waals surface area contributed by atoms with Crippen molar-refractivity contribution in [3.8, 4) is 5.75 Å².